The number of nitrogens with one attached hydrogen (secondary N) is 1. The standard InChI is InChI=1S/C18H30INO3/c1-12(9-10-19)7-8-16-13(2)11-15(14(3)22-16)20-17(21)23-18(4,5)6/h7,9-10,13-16H,8,11H2,1-6H3,(H,20,21)/b10-9-,12-7+/t13-,14+,15+,16-/m0/s1. The topological polar surface area (TPSA) is 47.6 Å². The van der Waals surface area contributed by atoms with Gasteiger partial charge in [0.05, 0.1) is 18.2 Å². The van der Waals surface area contributed by atoms with Crippen molar-refractivity contribution < 1.29 is 14.3 Å². The van der Waals surface area contributed by atoms with Gasteiger partial charge in [0.15, 0.2) is 0 Å². The molecule has 132 valence electrons. The van der Waals surface area contributed by atoms with Crippen LogP contribution in [0.4, 0.5) is 4.79 Å². The summed E-state index contributed by atoms with van der Waals surface area (Å²) in [6.45, 7) is 11.9. The van der Waals surface area contributed by atoms with E-state index in [1.165, 1.54) is 5.57 Å². The molecule has 23 heavy (non-hydrogen) atoms. The van der Waals surface area contributed by atoms with E-state index in [0.29, 0.717) is 5.92 Å². The van der Waals surface area contributed by atoms with Crippen molar-refractivity contribution in [3.63, 3.8) is 0 Å². The van der Waals surface area contributed by atoms with Gasteiger partial charge in [0.25, 0.3) is 0 Å². The lowest BCUT2D eigenvalue weighted by Gasteiger charge is -2.39. The van der Waals surface area contributed by atoms with E-state index in [9.17, 15) is 4.79 Å². The van der Waals surface area contributed by atoms with E-state index in [2.05, 4.69) is 53.9 Å². The molecular weight excluding hydrogens is 405 g/mol. The van der Waals surface area contributed by atoms with Gasteiger partial charge in [-0.25, -0.2) is 4.79 Å². The molecular formula is C18H30INO3. The second-order valence-corrected chi connectivity index (χ2v) is 8.04. The molecule has 1 saturated heterocycles. The van der Waals surface area contributed by atoms with Crippen molar-refractivity contribution in [2.24, 2.45) is 5.92 Å². The Kier molecular flexibility index (Phi) is 8.07. The second kappa shape index (κ2) is 9.06. The van der Waals surface area contributed by atoms with Crippen LogP contribution in [0.3, 0.4) is 0 Å². The Morgan fingerprint density at radius 3 is 2.61 bits per heavy atom. The summed E-state index contributed by atoms with van der Waals surface area (Å²) in [4.78, 5) is 11.9. The largest absolute Gasteiger partial charge is 0.444 e. The highest BCUT2D eigenvalue weighted by Crippen LogP contribution is 2.28. The highest BCUT2D eigenvalue weighted by molar-refractivity contribution is 14.1. The summed E-state index contributed by atoms with van der Waals surface area (Å²) < 4.78 is 13.5. The first-order valence-electron chi connectivity index (χ1n) is 8.21. The zero-order valence-electron chi connectivity index (χ0n) is 15.1. The molecule has 0 aromatic rings. The number of alkyl carbamates (subject to hydrolysis) is 1. The summed E-state index contributed by atoms with van der Waals surface area (Å²) in [5.74, 6) is 0.388. The highest BCUT2D eigenvalue weighted by Gasteiger charge is 2.34. The number of ether oxygens (including phenoxy) is 2. The SMILES string of the molecule is CC(/C=C\I)=C\C[C@@H]1O[C@H](C)[C@H](NC(=O)OC(C)(C)C)C[C@@H]1C. The molecule has 1 aliphatic rings. The first-order valence-corrected chi connectivity index (χ1v) is 9.45. The van der Waals surface area contributed by atoms with Crippen LogP contribution in [0.5, 0.6) is 0 Å². The number of halogens is 1. The van der Waals surface area contributed by atoms with Crippen LogP contribution in [0.25, 0.3) is 0 Å². The molecule has 4 nitrogen and oxygen atoms in total. The zero-order chi connectivity index (χ0) is 17.6. The molecule has 1 amide bonds. The van der Waals surface area contributed by atoms with Gasteiger partial charge in [0, 0.05) is 0 Å². The molecule has 0 unspecified atom stereocenters. The third kappa shape index (κ3) is 7.70. The molecule has 0 aromatic carbocycles. The van der Waals surface area contributed by atoms with Gasteiger partial charge in [-0.15, -0.1) is 0 Å². The molecule has 0 bridgehead atoms. The van der Waals surface area contributed by atoms with Crippen LogP contribution in [0.2, 0.25) is 0 Å². The van der Waals surface area contributed by atoms with E-state index < -0.39 is 5.60 Å². The van der Waals surface area contributed by atoms with E-state index in [-0.39, 0.29) is 24.3 Å². The summed E-state index contributed by atoms with van der Waals surface area (Å²) in [6, 6.07) is -0.00424. The number of hydrogen-bond donors (Lipinski definition) is 1. The Hall–Kier alpha value is -0.560. The summed E-state index contributed by atoms with van der Waals surface area (Å²) in [7, 11) is 0. The smallest absolute Gasteiger partial charge is 0.407 e. The Morgan fingerprint density at radius 2 is 2.04 bits per heavy atom. The van der Waals surface area contributed by atoms with Gasteiger partial charge in [-0.05, 0) is 57.5 Å². The Balaban J connectivity index is 2.56. The van der Waals surface area contributed by atoms with E-state index in [0.717, 1.165) is 12.8 Å². The lowest BCUT2D eigenvalue weighted by Crippen LogP contribution is -2.51. The second-order valence-electron chi connectivity index (χ2n) is 7.32. The van der Waals surface area contributed by atoms with Gasteiger partial charge in [-0.2, -0.15) is 0 Å². The van der Waals surface area contributed by atoms with Crippen LogP contribution in [-0.4, -0.2) is 29.9 Å². The predicted molar refractivity (Wildman–Crippen MR) is 103 cm³/mol. The molecule has 1 N–H and O–H groups in total. The minimum absolute atomic E-state index is 0.00424. The normalized spacial score (nSPS) is 29.6. The minimum Gasteiger partial charge on any atom is -0.444 e. The van der Waals surface area contributed by atoms with Crippen molar-refractivity contribution in [3.05, 3.63) is 21.8 Å². The van der Waals surface area contributed by atoms with Crippen LogP contribution in [0.1, 0.15) is 54.4 Å². The maximum atomic E-state index is 11.9. The maximum Gasteiger partial charge on any atom is 0.407 e. The van der Waals surface area contributed by atoms with Gasteiger partial charge < -0.3 is 14.8 Å². The number of hydrogen-bond acceptors (Lipinski definition) is 3. The minimum atomic E-state index is -0.481. The molecule has 0 radical (unpaired) electrons. The Bertz CT molecular complexity index is 454. The van der Waals surface area contributed by atoms with Crippen LogP contribution < -0.4 is 5.32 Å². The van der Waals surface area contributed by atoms with Gasteiger partial charge in [0.2, 0.25) is 0 Å². The Labute approximate surface area is 154 Å². The average molecular weight is 435 g/mol. The molecule has 1 heterocycles. The van der Waals surface area contributed by atoms with Crippen LogP contribution >= 0.6 is 22.6 Å². The first-order chi connectivity index (χ1) is 10.6. The number of amides is 1. The monoisotopic (exact) mass is 435 g/mol. The van der Waals surface area contributed by atoms with Gasteiger partial charge >= 0.3 is 6.09 Å². The molecule has 0 spiro atoms. The quantitative estimate of drug-likeness (QED) is 0.501. The summed E-state index contributed by atoms with van der Waals surface area (Å²) in [6.07, 6.45) is 5.91. The Morgan fingerprint density at radius 1 is 1.39 bits per heavy atom. The van der Waals surface area contributed by atoms with Crippen LogP contribution in [0, 0.1) is 5.92 Å². The summed E-state index contributed by atoms with van der Waals surface area (Å²) >= 11 is 2.22. The van der Waals surface area contributed by atoms with Crippen molar-refractivity contribution in [1.82, 2.24) is 5.32 Å². The fraction of sp³-hybridized carbons (Fsp3) is 0.722. The predicted octanol–water partition coefficient (Wildman–Crippen LogP) is 4.98. The van der Waals surface area contributed by atoms with Gasteiger partial charge in [0.1, 0.15) is 5.60 Å². The molecule has 0 saturated carbocycles. The van der Waals surface area contributed by atoms with Crippen molar-refractivity contribution in [2.45, 2.75) is 78.2 Å². The van der Waals surface area contributed by atoms with Crippen LogP contribution in [0.15, 0.2) is 21.8 Å². The highest BCUT2D eigenvalue weighted by atomic mass is 127. The van der Waals surface area contributed by atoms with E-state index in [1.54, 1.807) is 0 Å². The summed E-state index contributed by atoms with van der Waals surface area (Å²) in [5.41, 5.74) is 0.766. The van der Waals surface area contributed by atoms with Crippen molar-refractivity contribution in [3.8, 4) is 0 Å². The van der Waals surface area contributed by atoms with E-state index >= 15 is 0 Å². The summed E-state index contributed by atoms with van der Waals surface area (Å²) in [5, 5.41) is 2.95. The van der Waals surface area contributed by atoms with Gasteiger partial charge in [-0.1, -0.05) is 47.2 Å². The van der Waals surface area contributed by atoms with Crippen molar-refractivity contribution in [2.75, 3.05) is 0 Å². The average Bonchev–Trinajstić information content (AvgIpc) is 2.39. The molecule has 1 aliphatic heterocycles. The molecule has 1 rings (SSSR count). The number of carbonyl (C=O) groups is 1. The molecule has 0 aromatic heterocycles. The fourth-order valence-corrected chi connectivity index (χ4v) is 3.21. The van der Waals surface area contributed by atoms with E-state index in [4.69, 9.17) is 9.47 Å². The maximum absolute atomic E-state index is 11.9. The third-order valence-corrected chi connectivity index (χ3v) is 4.28. The lowest BCUT2D eigenvalue weighted by atomic mass is 9.88. The molecule has 1 fully saturated rings. The third-order valence-electron chi connectivity index (χ3n) is 3.92. The van der Waals surface area contributed by atoms with Crippen molar-refractivity contribution >= 4 is 28.7 Å². The van der Waals surface area contributed by atoms with Crippen LogP contribution in [-0.2, 0) is 9.47 Å². The first kappa shape index (κ1) is 20.5. The molecule has 5 heteroatoms. The number of carbonyl (C=O) groups excluding carboxylic acids is 1. The molecule has 0 aliphatic carbocycles. The van der Waals surface area contributed by atoms with Crippen molar-refractivity contribution in [1.29, 1.82) is 0 Å². The number of allylic oxidation sites excluding steroid dienone is 2. The van der Waals surface area contributed by atoms with Gasteiger partial charge in [-0.3, -0.25) is 0 Å². The fourth-order valence-electron chi connectivity index (χ4n) is 2.64. The van der Waals surface area contributed by atoms with E-state index in [1.807, 2.05) is 31.8 Å². The number of rotatable bonds is 4. The molecule has 4 atom stereocenters. The lowest BCUT2D eigenvalue weighted by molar-refractivity contribution is -0.0862. The zero-order valence-corrected chi connectivity index (χ0v) is 17.2.